The highest BCUT2D eigenvalue weighted by molar-refractivity contribution is 9.10. The molecule has 0 unspecified atom stereocenters. The molecule has 0 N–H and O–H groups in total. The van der Waals surface area contributed by atoms with Crippen LogP contribution in [-0.4, -0.2) is 13.3 Å². The third-order valence-corrected chi connectivity index (χ3v) is 4.26. The smallest absolute Gasteiger partial charge is 0.488 e. The van der Waals surface area contributed by atoms with Gasteiger partial charge in [0, 0.05) is 10.0 Å². The van der Waals surface area contributed by atoms with Gasteiger partial charge in [-0.05, 0) is 52.7 Å². The van der Waals surface area contributed by atoms with E-state index in [0.717, 1.165) is 20.1 Å². The van der Waals surface area contributed by atoms with Gasteiger partial charge in [-0.1, -0.05) is 28.1 Å². The Balaban J connectivity index is 2.19. The van der Waals surface area contributed by atoms with E-state index in [1.807, 2.05) is 31.2 Å². The number of carbonyl (C=O) groups is 1. The van der Waals surface area contributed by atoms with Crippen LogP contribution >= 0.6 is 31.9 Å². The van der Waals surface area contributed by atoms with Gasteiger partial charge in [0.15, 0.2) is 0 Å². The quantitative estimate of drug-likeness (QED) is 0.492. The van der Waals surface area contributed by atoms with Gasteiger partial charge >= 0.3 is 6.16 Å². The van der Waals surface area contributed by atoms with Crippen LogP contribution in [0.1, 0.15) is 11.1 Å². The van der Waals surface area contributed by atoms with Crippen molar-refractivity contribution in [2.45, 2.75) is 13.5 Å². The highest BCUT2D eigenvalue weighted by Gasteiger charge is 2.13. The maximum absolute atomic E-state index is 11.3. The van der Waals surface area contributed by atoms with E-state index in [4.69, 9.17) is 9.47 Å². The second-order valence-corrected chi connectivity index (χ2v) is 6.20. The van der Waals surface area contributed by atoms with Crippen LogP contribution in [-0.2, 0) is 11.3 Å². The zero-order chi connectivity index (χ0) is 16.1. The van der Waals surface area contributed by atoms with Gasteiger partial charge in [0.05, 0.1) is 11.6 Å². The number of methoxy groups -OCH3 is 1. The Morgan fingerprint density at radius 1 is 1.09 bits per heavy atom. The summed E-state index contributed by atoms with van der Waals surface area (Å²) in [6.07, 6.45) is -0.768. The Kier molecular flexibility index (Phi) is 5.85. The molecule has 0 aliphatic carbocycles. The largest absolute Gasteiger partial charge is 0.513 e. The van der Waals surface area contributed by atoms with Crippen molar-refractivity contribution in [3.8, 4) is 11.5 Å². The third kappa shape index (κ3) is 4.24. The minimum Gasteiger partial charge on any atom is -0.488 e. The second kappa shape index (κ2) is 7.65. The number of aryl methyl sites for hydroxylation is 1. The summed E-state index contributed by atoms with van der Waals surface area (Å²) in [7, 11) is 1.26. The molecule has 22 heavy (non-hydrogen) atoms. The molecule has 0 heterocycles. The standard InChI is InChI=1S/C16H14Br2O4/c1-10-6-7-15(13(18)8-10)21-9-11-12(17)4-3-5-14(11)22-16(19)20-2/h3-8H,9H2,1-2H3. The summed E-state index contributed by atoms with van der Waals surface area (Å²) in [5.74, 6) is 1.11. The first kappa shape index (κ1) is 16.8. The Morgan fingerprint density at radius 2 is 1.86 bits per heavy atom. The number of ether oxygens (including phenoxy) is 3. The maximum atomic E-state index is 11.3. The summed E-state index contributed by atoms with van der Waals surface area (Å²) < 4.78 is 17.1. The van der Waals surface area contributed by atoms with E-state index in [2.05, 4.69) is 36.6 Å². The first-order chi connectivity index (χ1) is 10.5. The monoisotopic (exact) mass is 428 g/mol. The van der Waals surface area contributed by atoms with E-state index in [1.54, 1.807) is 12.1 Å². The molecule has 0 aliphatic heterocycles. The highest BCUT2D eigenvalue weighted by Crippen LogP contribution is 2.31. The molecule has 0 fully saturated rings. The average molecular weight is 430 g/mol. The number of carbonyl (C=O) groups excluding carboxylic acids is 1. The van der Waals surface area contributed by atoms with E-state index >= 15 is 0 Å². The van der Waals surface area contributed by atoms with Crippen LogP contribution in [0.4, 0.5) is 4.79 Å². The van der Waals surface area contributed by atoms with Gasteiger partial charge in [0.2, 0.25) is 0 Å². The van der Waals surface area contributed by atoms with E-state index in [1.165, 1.54) is 7.11 Å². The molecule has 0 bridgehead atoms. The molecule has 2 aromatic rings. The molecule has 0 aliphatic rings. The molecule has 4 nitrogen and oxygen atoms in total. The molecule has 2 rings (SSSR count). The zero-order valence-electron chi connectivity index (χ0n) is 12.1. The number of hydrogen-bond acceptors (Lipinski definition) is 4. The van der Waals surface area contributed by atoms with Crippen molar-refractivity contribution in [1.29, 1.82) is 0 Å². The van der Waals surface area contributed by atoms with Gasteiger partial charge in [-0.2, -0.15) is 0 Å². The SMILES string of the molecule is COC(=O)Oc1cccc(Br)c1COc1ccc(C)cc1Br. The summed E-state index contributed by atoms with van der Waals surface area (Å²) in [6, 6.07) is 11.1. The Morgan fingerprint density at radius 3 is 2.55 bits per heavy atom. The predicted molar refractivity (Wildman–Crippen MR) is 90.4 cm³/mol. The van der Waals surface area contributed by atoms with Gasteiger partial charge < -0.3 is 14.2 Å². The Bertz CT molecular complexity index is 686. The molecule has 0 saturated carbocycles. The lowest BCUT2D eigenvalue weighted by molar-refractivity contribution is 0.120. The molecule has 0 radical (unpaired) electrons. The van der Waals surface area contributed by atoms with Crippen LogP contribution in [0.2, 0.25) is 0 Å². The van der Waals surface area contributed by atoms with Gasteiger partial charge in [0.1, 0.15) is 18.1 Å². The second-order valence-electron chi connectivity index (χ2n) is 4.50. The van der Waals surface area contributed by atoms with E-state index in [-0.39, 0.29) is 6.61 Å². The summed E-state index contributed by atoms with van der Waals surface area (Å²) >= 11 is 6.91. The average Bonchev–Trinajstić information content (AvgIpc) is 2.48. The zero-order valence-corrected chi connectivity index (χ0v) is 15.2. The van der Waals surface area contributed by atoms with Gasteiger partial charge in [0.25, 0.3) is 0 Å². The fourth-order valence-electron chi connectivity index (χ4n) is 1.78. The predicted octanol–water partition coefficient (Wildman–Crippen LogP) is 5.24. The fraction of sp³-hybridized carbons (Fsp3) is 0.188. The number of halogens is 2. The van der Waals surface area contributed by atoms with Crippen molar-refractivity contribution in [3.63, 3.8) is 0 Å². The van der Waals surface area contributed by atoms with Crippen LogP contribution in [0.25, 0.3) is 0 Å². The van der Waals surface area contributed by atoms with Crippen molar-refractivity contribution in [3.05, 3.63) is 56.5 Å². The molecule has 116 valence electrons. The van der Waals surface area contributed by atoms with Crippen molar-refractivity contribution in [1.82, 2.24) is 0 Å². The fourth-order valence-corrected chi connectivity index (χ4v) is 2.85. The molecule has 2 aromatic carbocycles. The van der Waals surface area contributed by atoms with Gasteiger partial charge in [-0.3, -0.25) is 0 Å². The number of rotatable bonds is 4. The Labute approximate surface area is 145 Å². The molecule has 6 heteroatoms. The summed E-state index contributed by atoms with van der Waals surface area (Å²) in [6.45, 7) is 2.25. The lowest BCUT2D eigenvalue weighted by atomic mass is 10.2. The highest BCUT2D eigenvalue weighted by atomic mass is 79.9. The van der Waals surface area contributed by atoms with E-state index in [0.29, 0.717) is 11.5 Å². The van der Waals surface area contributed by atoms with Crippen molar-refractivity contribution in [2.24, 2.45) is 0 Å². The minimum atomic E-state index is -0.768. The third-order valence-electron chi connectivity index (χ3n) is 2.90. The minimum absolute atomic E-state index is 0.245. The summed E-state index contributed by atoms with van der Waals surface area (Å²) in [5, 5.41) is 0. The van der Waals surface area contributed by atoms with Crippen LogP contribution < -0.4 is 9.47 Å². The molecule has 0 atom stereocenters. The molecule has 0 spiro atoms. The molecular formula is C16H14Br2O4. The van der Waals surface area contributed by atoms with Crippen LogP contribution in [0, 0.1) is 6.92 Å². The number of hydrogen-bond donors (Lipinski definition) is 0. The van der Waals surface area contributed by atoms with Crippen LogP contribution in [0.5, 0.6) is 11.5 Å². The maximum Gasteiger partial charge on any atom is 0.513 e. The van der Waals surface area contributed by atoms with Gasteiger partial charge in [-0.15, -0.1) is 0 Å². The van der Waals surface area contributed by atoms with E-state index in [9.17, 15) is 4.79 Å². The summed E-state index contributed by atoms with van der Waals surface area (Å²) in [5.41, 5.74) is 1.86. The lowest BCUT2D eigenvalue weighted by Crippen LogP contribution is -2.10. The molecule has 0 aromatic heterocycles. The first-order valence-corrected chi connectivity index (χ1v) is 8.02. The molecule has 0 saturated heterocycles. The normalized spacial score (nSPS) is 10.2. The lowest BCUT2D eigenvalue weighted by Gasteiger charge is -2.13. The van der Waals surface area contributed by atoms with Crippen molar-refractivity contribution >= 4 is 38.0 Å². The first-order valence-electron chi connectivity index (χ1n) is 6.43. The van der Waals surface area contributed by atoms with Crippen molar-refractivity contribution in [2.75, 3.05) is 7.11 Å². The summed E-state index contributed by atoms with van der Waals surface area (Å²) in [4.78, 5) is 11.3. The van der Waals surface area contributed by atoms with E-state index < -0.39 is 6.16 Å². The van der Waals surface area contributed by atoms with Crippen LogP contribution in [0.3, 0.4) is 0 Å². The number of benzene rings is 2. The van der Waals surface area contributed by atoms with Crippen LogP contribution in [0.15, 0.2) is 45.3 Å². The van der Waals surface area contributed by atoms with Gasteiger partial charge in [-0.25, -0.2) is 4.79 Å². The van der Waals surface area contributed by atoms with Crippen molar-refractivity contribution < 1.29 is 19.0 Å². The molecular weight excluding hydrogens is 416 g/mol. The molecule has 0 amide bonds. The topological polar surface area (TPSA) is 44.8 Å². The Hall–Kier alpha value is -1.53.